The second kappa shape index (κ2) is 9.73. The van der Waals surface area contributed by atoms with Crippen molar-refractivity contribution in [3.63, 3.8) is 0 Å². The van der Waals surface area contributed by atoms with Gasteiger partial charge in [0.25, 0.3) is 5.91 Å². The van der Waals surface area contributed by atoms with Gasteiger partial charge in [0, 0.05) is 19.5 Å². The van der Waals surface area contributed by atoms with Gasteiger partial charge < -0.3 is 5.32 Å². The maximum atomic E-state index is 12.5. The molecule has 134 valence electrons. The van der Waals surface area contributed by atoms with E-state index in [2.05, 4.69) is 12.2 Å². The molecule has 0 atom stereocenters. The number of carbonyl (C=O) groups is 2. The van der Waals surface area contributed by atoms with Crippen LogP contribution in [0.15, 0.2) is 29.2 Å². The van der Waals surface area contributed by atoms with Crippen molar-refractivity contribution in [2.75, 3.05) is 13.1 Å². The number of rotatable bonds is 8. The van der Waals surface area contributed by atoms with Crippen LogP contribution in [-0.2, 0) is 9.59 Å². The van der Waals surface area contributed by atoms with Crippen molar-refractivity contribution in [3.05, 3.63) is 40.3 Å². The first-order valence-electron chi connectivity index (χ1n) is 8.60. The van der Waals surface area contributed by atoms with Gasteiger partial charge in [-0.2, -0.15) is 0 Å². The Labute approximate surface area is 159 Å². The lowest BCUT2D eigenvalue weighted by atomic mass is 10.1. The van der Waals surface area contributed by atoms with Crippen molar-refractivity contribution in [1.82, 2.24) is 10.2 Å². The third-order valence-electron chi connectivity index (χ3n) is 3.89. The van der Waals surface area contributed by atoms with Crippen molar-refractivity contribution in [2.24, 2.45) is 0 Å². The summed E-state index contributed by atoms with van der Waals surface area (Å²) in [5.41, 5.74) is 2.17. The number of nitrogens with zero attached hydrogens (tertiary/aromatic N) is 1. The van der Waals surface area contributed by atoms with Gasteiger partial charge in [0.2, 0.25) is 5.91 Å². The number of aryl methyl sites for hydroxylation is 1. The fourth-order valence-corrected chi connectivity index (χ4v) is 3.71. The van der Waals surface area contributed by atoms with Crippen LogP contribution in [0.25, 0.3) is 6.08 Å². The molecule has 2 rings (SSSR count). The van der Waals surface area contributed by atoms with Crippen molar-refractivity contribution >= 4 is 46.2 Å². The standard InChI is InChI=1S/C19H24N2O2S2/c1-3-4-11-20-17(22)6-5-12-21-18(23)16(25-19(21)24)13-15-9-7-14(2)8-10-15/h7-10,13H,3-6,11-12H2,1-2H3,(H,20,22)/b16-13+. The summed E-state index contributed by atoms with van der Waals surface area (Å²) in [6, 6.07) is 8.01. The Balaban J connectivity index is 1.86. The average molecular weight is 377 g/mol. The van der Waals surface area contributed by atoms with Crippen LogP contribution in [0.2, 0.25) is 0 Å². The summed E-state index contributed by atoms with van der Waals surface area (Å²) >= 11 is 6.65. The second-order valence-corrected chi connectivity index (χ2v) is 7.73. The minimum atomic E-state index is -0.0676. The fraction of sp³-hybridized carbons (Fsp3) is 0.421. The highest BCUT2D eigenvalue weighted by molar-refractivity contribution is 8.26. The number of benzene rings is 1. The molecule has 1 heterocycles. The molecule has 0 aromatic heterocycles. The Morgan fingerprint density at radius 2 is 2.00 bits per heavy atom. The Kier molecular flexibility index (Phi) is 7.65. The predicted octanol–water partition coefficient (Wildman–Crippen LogP) is 3.89. The fourth-order valence-electron chi connectivity index (χ4n) is 2.40. The van der Waals surface area contributed by atoms with Crippen LogP contribution >= 0.6 is 24.0 Å². The minimum absolute atomic E-state index is 0.0362. The van der Waals surface area contributed by atoms with E-state index in [4.69, 9.17) is 12.2 Å². The third-order valence-corrected chi connectivity index (χ3v) is 5.26. The Bertz CT molecular complexity index is 669. The normalized spacial score (nSPS) is 15.9. The van der Waals surface area contributed by atoms with Crippen LogP contribution in [0.4, 0.5) is 0 Å². The van der Waals surface area contributed by atoms with Gasteiger partial charge in [-0.3, -0.25) is 14.5 Å². The van der Waals surface area contributed by atoms with E-state index < -0.39 is 0 Å². The Morgan fingerprint density at radius 3 is 2.68 bits per heavy atom. The van der Waals surface area contributed by atoms with Crippen LogP contribution in [0.5, 0.6) is 0 Å². The number of amides is 2. The molecule has 0 bridgehead atoms. The molecule has 0 unspecified atom stereocenters. The number of unbranched alkanes of at least 4 members (excludes halogenated alkanes) is 1. The molecule has 0 saturated carbocycles. The lowest BCUT2D eigenvalue weighted by molar-refractivity contribution is -0.124. The Hall–Kier alpha value is -1.66. The van der Waals surface area contributed by atoms with Crippen LogP contribution in [0, 0.1) is 6.92 Å². The van der Waals surface area contributed by atoms with Crippen molar-refractivity contribution in [2.45, 2.75) is 39.5 Å². The molecule has 0 aliphatic carbocycles. The van der Waals surface area contributed by atoms with Crippen molar-refractivity contribution < 1.29 is 9.59 Å². The van der Waals surface area contributed by atoms with Gasteiger partial charge >= 0.3 is 0 Å². The van der Waals surface area contributed by atoms with Crippen molar-refractivity contribution in [1.29, 1.82) is 0 Å². The molecule has 1 aromatic carbocycles. The number of carbonyl (C=O) groups excluding carboxylic acids is 2. The van der Waals surface area contributed by atoms with Gasteiger partial charge in [0.15, 0.2) is 0 Å². The lowest BCUT2D eigenvalue weighted by Crippen LogP contribution is -2.30. The molecule has 2 amide bonds. The average Bonchev–Trinajstić information content (AvgIpc) is 2.84. The first-order chi connectivity index (χ1) is 12.0. The van der Waals surface area contributed by atoms with E-state index >= 15 is 0 Å². The lowest BCUT2D eigenvalue weighted by Gasteiger charge is -2.14. The van der Waals surface area contributed by atoms with Gasteiger partial charge in [0.1, 0.15) is 4.32 Å². The van der Waals surface area contributed by atoms with E-state index in [9.17, 15) is 9.59 Å². The first-order valence-corrected chi connectivity index (χ1v) is 9.82. The van der Waals surface area contributed by atoms with E-state index in [1.165, 1.54) is 17.3 Å². The van der Waals surface area contributed by atoms with E-state index in [1.807, 2.05) is 37.3 Å². The molecule has 4 nitrogen and oxygen atoms in total. The predicted molar refractivity (Wildman–Crippen MR) is 108 cm³/mol. The molecule has 1 N–H and O–H groups in total. The number of hydrogen-bond donors (Lipinski definition) is 1. The Morgan fingerprint density at radius 1 is 1.28 bits per heavy atom. The van der Waals surface area contributed by atoms with Gasteiger partial charge in [-0.05, 0) is 31.4 Å². The van der Waals surface area contributed by atoms with E-state index in [-0.39, 0.29) is 11.8 Å². The number of thioether (sulfide) groups is 1. The summed E-state index contributed by atoms with van der Waals surface area (Å²) in [4.78, 5) is 26.5. The number of hydrogen-bond acceptors (Lipinski definition) is 4. The molecule has 6 heteroatoms. The molecule has 1 aliphatic heterocycles. The second-order valence-electron chi connectivity index (χ2n) is 6.05. The van der Waals surface area contributed by atoms with Crippen LogP contribution in [0.3, 0.4) is 0 Å². The number of nitrogens with one attached hydrogen (secondary N) is 1. The van der Waals surface area contributed by atoms with E-state index in [0.717, 1.165) is 24.9 Å². The molecule has 25 heavy (non-hydrogen) atoms. The summed E-state index contributed by atoms with van der Waals surface area (Å²) in [6.45, 7) is 5.32. The van der Waals surface area contributed by atoms with Gasteiger partial charge in [-0.25, -0.2) is 0 Å². The molecule has 1 aliphatic rings. The van der Waals surface area contributed by atoms with Gasteiger partial charge in [-0.15, -0.1) is 0 Å². The van der Waals surface area contributed by atoms with E-state index in [1.54, 1.807) is 4.90 Å². The third kappa shape index (κ3) is 5.97. The van der Waals surface area contributed by atoms with Crippen LogP contribution < -0.4 is 5.32 Å². The summed E-state index contributed by atoms with van der Waals surface area (Å²) in [5.74, 6) is -0.0314. The zero-order valence-corrected chi connectivity index (χ0v) is 16.3. The highest BCUT2D eigenvalue weighted by atomic mass is 32.2. The monoisotopic (exact) mass is 376 g/mol. The minimum Gasteiger partial charge on any atom is -0.356 e. The largest absolute Gasteiger partial charge is 0.356 e. The van der Waals surface area contributed by atoms with Gasteiger partial charge in [-0.1, -0.05) is 67.2 Å². The zero-order valence-electron chi connectivity index (χ0n) is 14.7. The zero-order chi connectivity index (χ0) is 18.2. The SMILES string of the molecule is CCCCNC(=O)CCCN1C(=O)/C(=C\c2ccc(C)cc2)SC1=S. The molecular formula is C19H24N2O2S2. The smallest absolute Gasteiger partial charge is 0.266 e. The van der Waals surface area contributed by atoms with Gasteiger partial charge in [0.05, 0.1) is 4.91 Å². The van der Waals surface area contributed by atoms with Crippen LogP contribution in [-0.4, -0.2) is 34.1 Å². The molecular weight excluding hydrogens is 352 g/mol. The first kappa shape index (κ1) is 19.7. The van der Waals surface area contributed by atoms with E-state index in [0.29, 0.717) is 28.6 Å². The molecule has 1 saturated heterocycles. The quantitative estimate of drug-likeness (QED) is 0.425. The topological polar surface area (TPSA) is 49.4 Å². The summed E-state index contributed by atoms with van der Waals surface area (Å²) in [5, 5.41) is 2.89. The molecule has 1 aromatic rings. The van der Waals surface area contributed by atoms with Crippen LogP contribution in [0.1, 0.15) is 43.7 Å². The summed E-state index contributed by atoms with van der Waals surface area (Å²) < 4.78 is 0.565. The van der Waals surface area contributed by atoms with Crippen molar-refractivity contribution in [3.8, 4) is 0 Å². The molecule has 0 spiro atoms. The molecule has 1 fully saturated rings. The molecule has 0 radical (unpaired) electrons. The highest BCUT2D eigenvalue weighted by Gasteiger charge is 2.31. The maximum Gasteiger partial charge on any atom is 0.266 e. The summed E-state index contributed by atoms with van der Waals surface area (Å²) in [6.07, 6.45) is 4.95. The number of thiocarbonyl (C=S) groups is 1. The summed E-state index contributed by atoms with van der Waals surface area (Å²) in [7, 11) is 0. The maximum absolute atomic E-state index is 12.5. The highest BCUT2D eigenvalue weighted by Crippen LogP contribution is 2.32.